The highest BCUT2D eigenvalue weighted by molar-refractivity contribution is 6.08. The minimum absolute atomic E-state index is 0.0374. The minimum Gasteiger partial charge on any atom is -0.395 e. The Hall–Kier alpha value is -0.930. The van der Waals surface area contributed by atoms with Gasteiger partial charge in [-0.15, -0.1) is 0 Å². The third kappa shape index (κ3) is 1.19. The van der Waals surface area contributed by atoms with Crippen LogP contribution < -0.4 is 0 Å². The molecular weight excluding hydrogens is 228 g/mol. The highest BCUT2D eigenvalue weighted by Gasteiger charge is 2.65. The lowest BCUT2D eigenvalue weighted by molar-refractivity contribution is -0.137. The maximum atomic E-state index is 12.5. The molecule has 3 aliphatic rings. The van der Waals surface area contributed by atoms with Crippen molar-refractivity contribution in [2.75, 3.05) is 6.61 Å². The average molecular weight is 248 g/mol. The van der Waals surface area contributed by atoms with Crippen LogP contribution in [0.1, 0.15) is 40.0 Å². The molecule has 0 saturated heterocycles. The first kappa shape index (κ1) is 12.1. The third-order valence-electron chi connectivity index (χ3n) is 5.30. The first-order valence-electron chi connectivity index (χ1n) is 6.59. The summed E-state index contributed by atoms with van der Waals surface area (Å²) in [7, 11) is 0. The average Bonchev–Trinajstić information content (AvgIpc) is 3.06. The highest BCUT2D eigenvalue weighted by Crippen LogP contribution is 2.65. The number of carbonyl (C=O) groups excluding carboxylic acids is 1. The van der Waals surface area contributed by atoms with E-state index in [-0.39, 0.29) is 23.2 Å². The lowest BCUT2D eigenvalue weighted by Gasteiger charge is -2.38. The van der Waals surface area contributed by atoms with Crippen molar-refractivity contribution < 1.29 is 15.0 Å². The first-order valence-corrected chi connectivity index (χ1v) is 6.59. The molecule has 18 heavy (non-hydrogen) atoms. The van der Waals surface area contributed by atoms with Crippen LogP contribution >= 0.6 is 0 Å². The molecule has 1 fully saturated rings. The third-order valence-corrected chi connectivity index (χ3v) is 5.30. The van der Waals surface area contributed by atoms with Gasteiger partial charge in [-0.05, 0) is 38.7 Å². The zero-order valence-electron chi connectivity index (χ0n) is 11.2. The van der Waals surface area contributed by atoms with Crippen LogP contribution in [0.4, 0.5) is 0 Å². The highest BCUT2D eigenvalue weighted by atomic mass is 16.3. The van der Waals surface area contributed by atoms with Crippen molar-refractivity contribution in [3.63, 3.8) is 0 Å². The van der Waals surface area contributed by atoms with Crippen molar-refractivity contribution in [1.82, 2.24) is 0 Å². The zero-order chi connectivity index (χ0) is 13.3. The molecule has 3 aliphatic carbocycles. The van der Waals surface area contributed by atoms with Crippen LogP contribution in [0, 0.1) is 10.8 Å². The summed E-state index contributed by atoms with van der Waals surface area (Å²) < 4.78 is 0. The summed E-state index contributed by atoms with van der Waals surface area (Å²) in [5.41, 5.74) is 0.936. The summed E-state index contributed by atoms with van der Waals surface area (Å²) in [6.07, 6.45) is 4.36. The fraction of sp³-hybridized carbons (Fsp3) is 0.667. The molecule has 0 amide bonds. The summed E-state index contributed by atoms with van der Waals surface area (Å²) in [4.78, 5) is 12.5. The Balaban J connectivity index is 2.20. The molecule has 0 aromatic heterocycles. The van der Waals surface area contributed by atoms with Crippen molar-refractivity contribution in [1.29, 1.82) is 0 Å². The van der Waals surface area contributed by atoms with Crippen molar-refractivity contribution in [3.05, 3.63) is 22.8 Å². The number of Topliss-reactive ketones (excluding diaryl/α,β-unsaturated/α-hetero) is 1. The van der Waals surface area contributed by atoms with Gasteiger partial charge >= 0.3 is 0 Å². The molecule has 0 aliphatic heterocycles. The molecule has 3 heteroatoms. The predicted molar refractivity (Wildman–Crippen MR) is 67.9 cm³/mol. The first-order chi connectivity index (χ1) is 8.27. The van der Waals surface area contributed by atoms with Crippen molar-refractivity contribution in [3.8, 4) is 0 Å². The van der Waals surface area contributed by atoms with Crippen LogP contribution in [0.15, 0.2) is 22.8 Å². The van der Waals surface area contributed by atoms with E-state index in [4.69, 9.17) is 0 Å². The predicted octanol–water partition coefficient (Wildman–Crippen LogP) is 1.75. The number of aliphatic hydroxyl groups excluding tert-OH is 1. The second-order valence-corrected chi connectivity index (χ2v) is 6.63. The van der Waals surface area contributed by atoms with Gasteiger partial charge in [0, 0.05) is 16.4 Å². The van der Waals surface area contributed by atoms with Gasteiger partial charge in [-0.3, -0.25) is 4.79 Å². The van der Waals surface area contributed by atoms with Crippen LogP contribution in [0.5, 0.6) is 0 Å². The zero-order valence-corrected chi connectivity index (χ0v) is 11.2. The molecule has 1 unspecified atom stereocenters. The Morgan fingerprint density at radius 3 is 2.44 bits per heavy atom. The standard InChI is InChI=1S/C15H20O3/c1-9-10-6-13(2,8-16)7-11(10)12(17)14(3,18)15(9)4-5-15/h7,16,18H,4-6,8H2,1-3H3/t13-,14?/m0/s1. The fourth-order valence-corrected chi connectivity index (χ4v) is 3.74. The van der Waals surface area contributed by atoms with Crippen molar-refractivity contribution in [2.24, 2.45) is 10.8 Å². The molecular formula is C15H20O3. The van der Waals surface area contributed by atoms with Gasteiger partial charge in [0.05, 0.1) is 6.61 Å². The van der Waals surface area contributed by atoms with E-state index in [2.05, 4.69) is 0 Å². The van der Waals surface area contributed by atoms with Gasteiger partial charge in [0.25, 0.3) is 0 Å². The van der Waals surface area contributed by atoms with Gasteiger partial charge in [0.2, 0.25) is 0 Å². The maximum absolute atomic E-state index is 12.5. The Kier molecular flexibility index (Phi) is 2.12. The SMILES string of the molecule is CC1=C2C[C@](C)(CO)C=C2C(=O)C(C)(O)C12CC2. The summed E-state index contributed by atoms with van der Waals surface area (Å²) in [5.74, 6) is -0.155. The number of fused-ring (bicyclic) bond motifs is 1. The number of carbonyl (C=O) groups is 1. The molecule has 2 N–H and O–H groups in total. The summed E-state index contributed by atoms with van der Waals surface area (Å²) >= 11 is 0. The van der Waals surface area contributed by atoms with Crippen molar-refractivity contribution in [2.45, 2.75) is 45.6 Å². The van der Waals surface area contributed by atoms with Crippen LogP contribution in [-0.2, 0) is 4.79 Å². The van der Waals surface area contributed by atoms with Crippen molar-refractivity contribution >= 4 is 5.78 Å². The molecule has 0 heterocycles. The Morgan fingerprint density at radius 1 is 1.33 bits per heavy atom. The number of ketones is 1. The number of aliphatic hydroxyl groups is 2. The van der Waals surface area contributed by atoms with Gasteiger partial charge in [-0.1, -0.05) is 18.6 Å². The van der Waals surface area contributed by atoms with Gasteiger partial charge in [-0.2, -0.15) is 0 Å². The second-order valence-electron chi connectivity index (χ2n) is 6.63. The van der Waals surface area contributed by atoms with E-state index >= 15 is 0 Å². The second kappa shape index (κ2) is 3.14. The number of hydrogen-bond acceptors (Lipinski definition) is 3. The van der Waals surface area contributed by atoms with Crippen LogP contribution in [0.25, 0.3) is 0 Å². The molecule has 0 bridgehead atoms. The lowest BCUT2D eigenvalue weighted by Crippen LogP contribution is -2.49. The van der Waals surface area contributed by atoms with Gasteiger partial charge < -0.3 is 10.2 Å². The lowest BCUT2D eigenvalue weighted by atomic mass is 9.68. The minimum atomic E-state index is -1.27. The quantitative estimate of drug-likeness (QED) is 0.743. The fourth-order valence-electron chi connectivity index (χ4n) is 3.74. The molecule has 1 saturated carbocycles. The van der Waals surface area contributed by atoms with Gasteiger partial charge in [-0.25, -0.2) is 0 Å². The van der Waals surface area contributed by atoms with Crippen LogP contribution in [0.2, 0.25) is 0 Å². The van der Waals surface area contributed by atoms with Gasteiger partial charge in [0.15, 0.2) is 5.78 Å². The van der Waals surface area contributed by atoms with E-state index in [1.165, 1.54) is 0 Å². The van der Waals surface area contributed by atoms with Crippen LogP contribution in [0.3, 0.4) is 0 Å². The van der Waals surface area contributed by atoms with E-state index in [9.17, 15) is 15.0 Å². The topological polar surface area (TPSA) is 57.5 Å². The van der Waals surface area contributed by atoms with E-state index < -0.39 is 5.60 Å². The monoisotopic (exact) mass is 248 g/mol. The van der Waals surface area contributed by atoms with E-state index in [1.807, 2.05) is 19.9 Å². The molecule has 1 spiro atoms. The summed E-state index contributed by atoms with van der Waals surface area (Å²) in [5, 5.41) is 20.1. The summed E-state index contributed by atoms with van der Waals surface area (Å²) in [6, 6.07) is 0. The normalized spacial score (nSPS) is 41.2. The Morgan fingerprint density at radius 2 is 1.94 bits per heavy atom. The molecule has 0 aromatic carbocycles. The largest absolute Gasteiger partial charge is 0.395 e. The smallest absolute Gasteiger partial charge is 0.194 e. The molecule has 2 atom stereocenters. The Labute approximate surface area is 107 Å². The van der Waals surface area contributed by atoms with E-state index in [0.29, 0.717) is 12.0 Å². The number of allylic oxidation sites excluding steroid dienone is 1. The van der Waals surface area contributed by atoms with Crippen LogP contribution in [-0.4, -0.2) is 28.2 Å². The molecule has 3 rings (SSSR count). The maximum Gasteiger partial charge on any atom is 0.194 e. The number of rotatable bonds is 1. The molecule has 0 radical (unpaired) electrons. The molecule has 98 valence electrons. The van der Waals surface area contributed by atoms with Gasteiger partial charge in [0.1, 0.15) is 5.60 Å². The van der Waals surface area contributed by atoms with E-state index in [0.717, 1.165) is 24.0 Å². The molecule has 0 aromatic rings. The Bertz CT molecular complexity index is 506. The molecule has 3 nitrogen and oxygen atoms in total. The number of hydrogen-bond donors (Lipinski definition) is 2. The van der Waals surface area contributed by atoms with E-state index in [1.54, 1.807) is 6.92 Å². The summed E-state index contributed by atoms with van der Waals surface area (Å²) in [6.45, 7) is 5.69.